The Balaban J connectivity index is 1.56. The van der Waals surface area contributed by atoms with E-state index >= 15 is 0 Å². The van der Waals surface area contributed by atoms with Gasteiger partial charge in [0.25, 0.3) is 0 Å². The van der Waals surface area contributed by atoms with E-state index in [1.807, 2.05) is 4.90 Å². The average molecular weight is 254 g/mol. The highest BCUT2D eigenvalue weighted by Gasteiger charge is 2.22. The van der Waals surface area contributed by atoms with Crippen molar-refractivity contribution in [2.75, 3.05) is 26.2 Å². The van der Waals surface area contributed by atoms with Gasteiger partial charge in [0.1, 0.15) is 0 Å². The summed E-state index contributed by atoms with van der Waals surface area (Å²) in [6.07, 6.45) is 7.78. The molecule has 2 atom stereocenters. The van der Waals surface area contributed by atoms with E-state index in [-0.39, 0.29) is 6.03 Å². The molecule has 104 valence electrons. The zero-order chi connectivity index (χ0) is 12.8. The molecule has 0 radical (unpaired) electrons. The van der Waals surface area contributed by atoms with Gasteiger partial charge in [0.05, 0.1) is 12.7 Å². The van der Waals surface area contributed by atoms with Crippen molar-refractivity contribution in [3.63, 3.8) is 0 Å². The highest BCUT2D eigenvalue weighted by molar-refractivity contribution is 5.74. The summed E-state index contributed by atoms with van der Waals surface area (Å²) in [6.45, 7) is 5.37. The van der Waals surface area contributed by atoms with Crippen LogP contribution in [0.15, 0.2) is 0 Å². The van der Waals surface area contributed by atoms with Crippen LogP contribution in [-0.4, -0.2) is 43.3 Å². The van der Waals surface area contributed by atoms with Gasteiger partial charge < -0.3 is 15.0 Å². The maximum Gasteiger partial charge on any atom is 0.317 e. The minimum atomic E-state index is 0.0767. The summed E-state index contributed by atoms with van der Waals surface area (Å²) < 4.78 is 5.88. The third-order valence-corrected chi connectivity index (χ3v) is 4.14. The predicted octanol–water partition coefficient (Wildman–Crippen LogP) is 2.39. The van der Waals surface area contributed by atoms with Crippen LogP contribution in [0.4, 0.5) is 4.79 Å². The second-order valence-corrected chi connectivity index (χ2v) is 5.60. The lowest BCUT2D eigenvalue weighted by atomic mass is 9.88. The molecule has 4 heteroatoms. The van der Waals surface area contributed by atoms with E-state index in [9.17, 15) is 4.79 Å². The summed E-state index contributed by atoms with van der Waals surface area (Å²) in [5.74, 6) is 0.674. The first-order chi connectivity index (χ1) is 8.77. The number of hydrogen-bond donors (Lipinski definition) is 1. The van der Waals surface area contributed by atoms with Crippen molar-refractivity contribution in [3.05, 3.63) is 0 Å². The first-order valence-corrected chi connectivity index (χ1v) is 7.42. The van der Waals surface area contributed by atoms with Gasteiger partial charge in [-0.2, -0.15) is 0 Å². The molecule has 1 aliphatic heterocycles. The Morgan fingerprint density at radius 1 is 1.22 bits per heavy atom. The molecule has 0 aromatic rings. The van der Waals surface area contributed by atoms with E-state index in [4.69, 9.17) is 4.74 Å². The Kier molecular flexibility index (Phi) is 5.29. The first-order valence-electron chi connectivity index (χ1n) is 7.42. The summed E-state index contributed by atoms with van der Waals surface area (Å²) in [5.41, 5.74) is 0. The van der Waals surface area contributed by atoms with E-state index in [0.717, 1.165) is 25.9 Å². The zero-order valence-corrected chi connectivity index (χ0v) is 11.5. The molecule has 2 amide bonds. The number of amides is 2. The van der Waals surface area contributed by atoms with Crippen molar-refractivity contribution < 1.29 is 9.53 Å². The third-order valence-electron chi connectivity index (χ3n) is 4.14. The van der Waals surface area contributed by atoms with Crippen molar-refractivity contribution in [2.45, 2.75) is 51.6 Å². The fraction of sp³-hybridized carbons (Fsp3) is 0.929. The molecule has 1 saturated carbocycles. The van der Waals surface area contributed by atoms with Crippen molar-refractivity contribution in [2.24, 2.45) is 5.92 Å². The Labute approximate surface area is 110 Å². The highest BCUT2D eigenvalue weighted by Crippen LogP contribution is 2.25. The average Bonchev–Trinajstić information content (AvgIpc) is 2.90. The Hall–Kier alpha value is -0.770. The van der Waals surface area contributed by atoms with Crippen molar-refractivity contribution in [3.8, 4) is 0 Å². The molecule has 0 aromatic heterocycles. The van der Waals surface area contributed by atoms with Crippen LogP contribution in [0.1, 0.15) is 45.4 Å². The SMILES string of the molecule is CC1CCCCC1OCCNC(=O)N1CCCC1. The molecule has 0 bridgehead atoms. The molecule has 18 heavy (non-hydrogen) atoms. The minimum absolute atomic E-state index is 0.0767. The van der Waals surface area contributed by atoms with Gasteiger partial charge in [-0.25, -0.2) is 4.79 Å². The van der Waals surface area contributed by atoms with Crippen LogP contribution < -0.4 is 5.32 Å². The Morgan fingerprint density at radius 2 is 1.94 bits per heavy atom. The number of hydrogen-bond acceptors (Lipinski definition) is 2. The van der Waals surface area contributed by atoms with E-state index in [1.54, 1.807) is 0 Å². The molecule has 2 unspecified atom stereocenters. The molecule has 0 aromatic carbocycles. The minimum Gasteiger partial charge on any atom is -0.376 e. The van der Waals surface area contributed by atoms with Gasteiger partial charge in [-0.3, -0.25) is 0 Å². The monoisotopic (exact) mass is 254 g/mol. The van der Waals surface area contributed by atoms with Crippen LogP contribution in [0.2, 0.25) is 0 Å². The summed E-state index contributed by atoms with van der Waals surface area (Å²) in [5, 5.41) is 2.94. The number of carbonyl (C=O) groups is 1. The topological polar surface area (TPSA) is 41.6 Å². The zero-order valence-electron chi connectivity index (χ0n) is 11.5. The first kappa shape index (κ1) is 13.7. The predicted molar refractivity (Wildman–Crippen MR) is 71.6 cm³/mol. The molecule has 2 aliphatic rings. The van der Waals surface area contributed by atoms with Crippen LogP contribution in [0.3, 0.4) is 0 Å². The molecule has 1 saturated heterocycles. The van der Waals surface area contributed by atoms with Crippen LogP contribution in [0, 0.1) is 5.92 Å². The van der Waals surface area contributed by atoms with Gasteiger partial charge in [-0.05, 0) is 31.6 Å². The molecule has 2 fully saturated rings. The molecule has 1 aliphatic carbocycles. The van der Waals surface area contributed by atoms with E-state index in [0.29, 0.717) is 25.2 Å². The van der Waals surface area contributed by atoms with Gasteiger partial charge in [-0.15, -0.1) is 0 Å². The molecule has 1 heterocycles. The van der Waals surface area contributed by atoms with Crippen molar-refractivity contribution in [1.29, 1.82) is 0 Å². The van der Waals surface area contributed by atoms with Gasteiger partial charge in [0, 0.05) is 19.6 Å². The Bertz CT molecular complexity index is 265. The normalized spacial score (nSPS) is 28.4. The largest absolute Gasteiger partial charge is 0.376 e. The lowest BCUT2D eigenvalue weighted by Gasteiger charge is -2.28. The van der Waals surface area contributed by atoms with Crippen molar-refractivity contribution in [1.82, 2.24) is 10.2 Å². The number of rotatable bonds is 4. The van der Waals surface area contributed by atoms with Crippen molar-refractivity contribution >= 4 is 6.03 Å². The van der Waals surface area contributed by atoms with Gasteiger partial charge in [0.2, 0.25) is 0 Å². The fourth-order valence-electron chi connectivity index (χ4n) is 2.93. The second-order valence-electron chi connectivity index (χ2n) is 5.60. The lowest BCUT2D eigenvalue weighted by molar-refractivity contribution is -0.00266. The number of nitrogens with zero attached hydrogens (tertiary/aromatic N) is 1. The molecule has 1 N–H and O–H groups in total. The van der Waals surface area contributed by atoms with E-state index < -0.39 is 0 Å². The molecule has 0 spiro atoms. The molecule has 4 nitrogen and oxygen atoms in total. The third kappa shape index (κ3) is 3.87. The van der Waals surface area contributed by atoms with Crippen LogP contribution in [0.5, 0.6) is 0 Å². The van der Waals surface area contributed by atoms with Gasteiger partial charge in [0.15, 0.2) is 0 Å². The Morgan fingerprint density at radius 3 is 2.67 bits per heavy atom. The van der Waals surface area contributed by atoms with Gasteiger partial charge >= 0.3 is 6.03 Å². The van der Waals surface area contributed by atoms with E-state index in [1.165, 1.54) is 25.7 Å². The lowest BCUT2D eigenvalue weighted by Crippen LogP contribution is -2.40. The number of nitrogens with one attached hydrogen (secondary N) is 1. The number of ether oxygens (including phenoxy) is 1. The van der Waals surface area contributed by atoms with Crippen LogP contribution in [-0.2, 0) is 4.74 Å². The van der Waals surface area contributed by atoms with Crippen LogP contribution in [0.25, 0.3) is 0 Å². The second kappa shape index (κ2) is 6.98. The molecular formula is C14H26N2O2. The highest BCUT2D eigenvalue weighted by atomic mass is 16.5. The number of likely N-dealkylation sites (tertiary alicyclic amines) is 1. The molecule has 2 rings (SSSR count). The quantitative estimate of drug-likeness (QED) is 0.783. The summed E-state index contributed by atoms with van der Waals surface area (Å²) in [6, 6.07) is 0.0767. The van der Waals surface area contributed by atoms with Crippen LogP contribution >= 0.6 is 0 Å². The smallest absolute Gasteiger partial charge is 0.317 e. The standard InChI is InChI=1S/C14H26N2O2/c1-12-6-2-3-7-13(12)18-11-8-15-14(17)16-9-4-5-10-16/h12-13H,2-11H2,1H3,(H,15,17). The van der Waals surface area contributed by atoms with E-state index in [2.05, 4.69) is 12.2 Å². The fourth-order valence-corrected chi connectivity index (χ4v) is 2.93. The maximum atomic E-state index is 11.7. The summed E-state index contributed by atoms with van der Waals surface area (Å²) in [4.78, 5) is 13.6. The summed E-state index contributed by atoms with van der Waals surface area (Å²) in [7, 11) is 0. The number of carbonyl (C=O) groups excluding carboxylic acids is 1. The number of urea groups is 1. The molecular weight excluding hydrogens is 228 g/mol. The maximum absolute atomic E-state index is 11.7. The summed E-state index contributed by atoms with van der Waals surface area (Å²) >= 11 is 0. The van der Waals surface area contributed by atoms with Gasteiger partial charge in [-0.1, -0.05) is 19.8 Å².